The topological polar surface area (TPSA) is 96.6 Å². The first-order valence-electron chi connectivity index (χ1n) is 10.8. The molecule has 4 heterocycles. The summed E-state index contributed by atoms with van der Waals surface area (Å²) >= 11 is 1.16. The molecular weight excluding hydrogens is 448 g/mol. The van der Waals surface area contributed by atoms with Crippen molar-refractivity contribution in [1.82, 2.24) is 14.4 Å². The van der Waals surface area contributed by atoms with Crippen molar-refractivity contribution in [3.63, 3.8) is 0 Å². The van der Waals surface area contributed by atoms with Crippen molar-refractivity contribution in [3.05, 3.63) is 47.2 Å². The number of anilines is 1. The number of aryl methyl sites for hydroxylation is 1. The molecule has 0 N–H and O–H groups in total. The van der Waals surface area contributed by atoms with Crippen LogP contribution in [-0.4, -0.2) is 48.4 Å². The average molecular weight is 473 g/mol. The van der Waals surface area contributed by atoms with Crippen LogP contribution in [0, 0.1) is 5.92 Å². The fourth-order valence-corrected chi connectivity index (χ4v) is 7.12. The highest BCUT2D eigenvalue weighted by Crippen LogP contribution is 2.34. The van der Waals surface area contributed by atoms with E-state index in [1.165, 1.54) is 9.87 Å². The van der Waals surface area contributed by atoms with E-state index < -0.39 is 10.0 Å². The number of aromatic nitrogens is 2. The fraction of sp³-hybridized carbons (Fsp3) is 0.409. The van der Waals surface area contributed by atoms with Crippen molar-refractivity contribution in [2.45, 2.75) is 36.8 Å². The number of thiophene rings is 1. The molecule has 0 radical (unpaired) electrons. The summed E-state index contributed by atoms with van der Waals surface area (Å²) in [5.41, 5.74) is 2.82. The van der Waals surface area contributed by atoms with Gasteiger partial charge in [-0.05, 0) is 37.0 Å². The molecule has 0 saturated carbocycles. The zero-order valence-corrected chi connectivity index (χ0v) is 19.4. The van der Waals surface area contributed by atoms with Gasteiger partial charge in [0.05, 0.1) is 0 Å². The van der Waals surface area contributed by atoms with E-state index in [1.807, 2.05) is 30.0 Å². The van der Waals surface area contributed by atoms with Crippen LogP contribution in [0.1, 0.15) is 31.2 Å². The zero-order valence-electron chi connectivity index (χ0n) is 17.7. The number of amides is 1. The summed E-state index contributed by atoms with van der Waals surface area (Å²) in [6.07, 6.45) is 2.55. The number of benzene rings is 1. The Balaban J connectivity index is 1.25. The number of piperidine rings is 1. The molecule has 168 valence electrons. The number of nitrogens with zero attached hydrogens (tertiary/aromatic N) is 4. The van der Waals surface area contributed by atoms with Gasteiger partial charge in [0, 0.05) is 48.6 Å². The van der Waals surface area contributed by atoms with E-state index >= 15 is 0 Å². The van der Waals surface area contributed by atoms with Crippen molar-refractivity contribution in [2.75, 3.05) is 24.5 Å². The number of rotatable bonds is 5. The molecule has 0 unspecified atom stereocenters. The lowest BCUT2D eigenvalue weighted by Crippen LogP contribution is -2.44. The van der Waals surface area contributed by atoms with Gasteiger partial charge in [-0.25, -0.2) is 8.42 Å². The van der Waals surface area contributed by atoms with Crippen LogP contribution in [0.4, 0.5) is 5.69 Å². The molecule has 32 heavy (non-hydrogen) atoms. The highest BCUT2D eigenvalue weighted by Gasteiger charge is 2.36. The molecule has 1 saturated heterocycles. The lowest BCUT2D eigenvalue weighted by Gasteiger charge is -2.32. The number of para-hydroxylation sites is 1. The quantitative estimate of drug-likeness (QED) is 0.565. The number of fused-ring (bicyclic) bond motifs is 1. The van der Waals surface area contributed by atoms with Crippen LogP contribution in [0.25, 0.3) is 11.4 Å². The summed E-state index contributed by atoms with van der Waals surface area (Å²) in [5, 5.41) is 5.65. The Kier molecular flexibility index (Phi) is 5.60. The molecule has 0 spiro atoms. The lowest BCUT2D eigenvalue weighted by atomic mass is 9.96. The second kappa shape index (κ2) is 8.42. The van der Waals surface area contributed by atoms with Crippen molar-refractivity contribution < 1.29 is 17.7 Å². The highest BCUT2D eigenvalue weighted by molar-refractivity contribution is 7.91. The second-order valence-corrected chi connectivity index (χ2v) is 11.1. The van der Waals surface area contributed by atoms with E-state index in [0.717, 1.165) is 23.4 Å². The first-order valence-corrected chi connectivity index (χ1v) is 13.1. The van der Waals surface area contributed by atoms with Gasteiger partial charge < -0.3 is 9.42 Å². The van der Waals surface area contributed by atoms with Crippen LogP contribution in [0.2, 0.25) is 0 Å². The predicted octanol–water partition coefficient (Wildman–Crippen LogP) is 3.35. The first kappa shape index (κ1) is 21.3. The molecule has 3 aromatic rings. The lowest BCUT2D eigenvalue weighted by molar-refractivity contribution is -0.123. The number of carbonyl (C=O) groups excluding carboxylic acids is 1. The summed E-state index contributed by atoms with van der Waals surface area (Å²) < 4.78 is 33.2. The first-order chi connectivity index (χ1) is 15.5. The highest BCUT2D eigenvalue weighted by atomic mass is 32.2. The SMILES string of the molecule is CCc1nc(-c2csc(S(=O)(=O)N3CCC(C(=O)N4CCc5ccccc54)CC3)c2)no1. The third-order valence-electron chi connectivity index (χ3n) is 6.15. The Bertz CT molecular complexity index is 1240. The summed E-state index contributed by atoms with van der Waals surface area (Å²) in [6.45, 7) is 3.29. The van der Waals surface area contributed by atoms with E-state index in [2.05, 4.69) is 16.2 Å². The average Bonchev–Trinajstić information content (AvgIpc) is 3.57. The normalized spacial score (nSPS) is 17.6. The van der Waals surface area contributed by atoms with E-state index in [1.54, 1.807) is 11.4 Å². The van der Waals surface area contributed by atoms with Crippen molar-refractivity contribution in [1.29, 1.82) is 0 Å². The van der Waals surface area contributed by atoms with Crippen molar-refractivity contribution >= 4 is 33.0 Å². The molecule has 0 atom stereocenters. The zero-order chi connectivity index (χ0) is 22.3. The third-order valence-corrected chi connectivity index (χ3v) is 9.47. The van der Waals surface area contributed by atoms with Crippen LogP contribution in [0.5, 0.6) is 0 Å². The monoisotopic (exact) mass is 472 g/mol. The number of sulfonamides is 1. The van der Waals surface area contributed by atoms with Crippen molar-refractivity contribution in [2.24, 2.45) is 5.92 Å². The molecule has 5 rings (SSSR count). The molecule has 0 aliphatic carbocycles. The van der Waals surface area contributed by atoms with Gasteiger partial charge in [-0.1, -0.05) is 30.3 Å². The second-order valence-electron chi connectivity index (χ2n) is 8.07. The Hall–Kier alpha value is -2.56. The molecule has 2 aliphatic heterocycles. The van der Waals surface area contributed by atoms with Gasteiger partial charge in [-0.2, -0.15) is 9.29 Å². The van der Waals surface area contributed by atoms with Gasteiger partial charge in [-0.15, -0.1) is 11.3 Å². The van der Waals surface area contributed by atoms with Gasteiger partial charge in [0.1, 0.15) is 4.21 Å². The summed E-state index contributed by atoms with van der Waals surface area (Å²) in [6, 6.07) is 9.59. The van der Waals surface area contributed by atoms with Crippen LogP contribution in [-0.2, 0) is 27.7 Å². The molecule has 1 fully saturated rings. The minimum Gasteiger partial charge on any atom is -0.339 e. The van der Waals surface area contributed by atoms with Gasteiger partial charge in [0.2, 0.25) is 17.6 Å². The summed E-state index contributed by atoms with van der Waals surface area (Å²) in [4.78, 5) is 19.2. The largest absolute Gasteiger partial charge is 0.339 e. The van der Waals surface area contributed by atoms with E-state index in [0.29, 0.717) is 56.2 Å². The maximum Gasteiger partial charge on any atom is 0.252 e. The molecule has 0 bridgehead atoms. The van der Waals surface area contributed by atoms with Gasteiger partial charge in [-0.3, -0.25) is 4.79 Å². The Labute approximate surface area is 190 Å². The maximum atomic E-state index is 13.2. The van der Waals surface area contributed by atoms with Crippen molar-refractivity contribution in [3.8, 4) is 11.4 Å². The van der Waals surface area contributed by atoms with Gasteiger partial charge >= 0.3 is 0 Å². The molecule has 8 nitrogen and oxygen atoms in total. The number of hydrogen-bond donors (Lipinski definition) is 0. The molecule has 1 aromatic carbocycles. The summed E-state index contributed by atoms with van der Waals surface area (Å²) in [7, 11) is -3.62. The summed E-state index contributed by atoms with van der Waals surface area (Å²) in [5.74, 6) is 0.866. The molecule has 2 aromatic heterocycles. The smallest absolute Gasteiger partial charge is 0.252 e. The fourth-order valence-electron chi connectivity index (χ4n) is 4.34. The minimum absolute atomic E-state index is 0.106. The molecule has 1 amide bonds. The number of hydrogen-bond acceptors (Lipinski definition) is 7. The third kappa shape index (κ3) is 3.76. The Morgan fingerprint density at radius 2 is 2.00 bits per heavy atom. The van der Waals surface area contributed by atoms with Gasteiger partial charge in [0.15, 0.2) is 0 Å². The Morgan fingerprint density at radius 1 is 1.22 bits per heavy atom. The predicted molar refractivity (Wildman–Crippen MR) is 121 cm³/mol. The molecular formula is C22H24N4O4S2. The van der Waals surface area contributed by atoms with Crippen LogP contribution >= 0.6 is 11.3 Å². The number of carbonyl (C=O) groups is 1. The van der Waals surface area contributed by atoms with Gasteiger partial charge in [0.25, 0.3) is 10.0 Å². The van der Waals surface area contributed by atoms with Crippen LogP contribution < -0.4 is 4.90 Å². The molecule has 10 heteroatoms. The Morgan fingerprint density at radius 3 is 2.75 bits per heavy atom. The molecule has 2 aliphatic rings. The van der Waals surface area contributed by atoms with Crippen LogP contribution in [0.3, 0.4) is 0 Å². The van der Waals surface area contributed by atoms with E-state index in [4.69, 9.17) is 4.52 Å². The van der Waals surface area contributed by atoms with E-state index in [9.17, 15) is 13.2 Å². The standard InChI is InChI=1S/C22H24N4O4S2/c1-2-19-23-21(24-30-19)17-13-20(31-14-17)32(28,29)25-10-7-16(8-11-25)22(27)26-12-9-15-5-3-4-6-18(15)26/h3-6,13-14,16H,2,7-12H2,1H3. The minimum atomic E-state index is -3.62. The maximum absolute atomic E-state index is 13.2. The van der Waals surface area contributed by atoms with E-state index in [-0.39, 0.29) is 16.0 Å². The van der Waals surface area contributed by atoms with Crippen LogP contribution in [0.15, 0.2) is 44.4 Å².